The molecule has 0 radical (unpaired) electrons. The lowest BCUT2D eigenvalue weighted by Crippen LogP contribution is -2.21. The second-order valence-corrected chi connectivity index (χ2v) is 6.43. The van der Waals surface area contributed by atoms with Crippen LogP contribution in [0.25, 0.3) is 0 Å². The van der Waals surface area contributed by atoms with Crippen LogP contribution in [0.1, 0.15) is 42.5 Å². The van der Waals surface area contributed by atoms with Crippen molar-refractivity contribution in [2.24, 2.45) is 0 Å². The first-order chi connectivity index (χ1) is 11.7. The van der Waals surface area contributed by atoms with Crippen LogP contribution < -0.4 is 15.0 Å². The predicted octanol–water partition coefficient (Wildman–Crippen LogP) is 3.24. The molecule has 1 N–H and O–H groups in total. The number of benzene rings is 1. The number of aromatic nitrogens is 2. The smallest absolute Gasteiger partial charge is 0.225 e. The monoisotopic (exact) mass is 326 g/mol. The van der Waals surface area contributed by atoms with Crippen molar-refractivity contribution < 1.29 is 4.74 Å². The molecule has 2 aromatic rings. The van der Waals surface area contributed by atoms with Crippen molar-refractivity contribution in [3.63, 3.8) is 0 Å². The van der Waals surface area contributed by atoms with Gasteiger partial charge < -0.3 is 15.0 Å². The van der Waals surface area contributed by atoms with Crippen LogP contribution in [0.2, 0.25) is 0 Å². The van der Waals surface area contributed by atoms with E-state index in [2.05, 4.69) is 46.2 Å². The molecule has 5 nitrogen and oxygen atoms in total. The fourth-order valence-electron chi connectivity index (χ4n) is 3.09. The van der Waals surface area contributed by atoms with Crippen LogP contribution in [0.3, 0.4) is 0 Å². The van der Waals surface area contributed by atoms with E-state index in [0.717, 1.165) is 36.9 Å². The molecular formula is C19H26N4O. The molecule has 0 aliphatic carbocycles. The molecule has 3 rings (SSSR count). The van der Waals surface area contributed by atoms with Gasteiger partial charge in [-0.05, 0) is 32.8 Å². The Labute approximate surface area is 144 Å². The van der Waals surface area contributed by atoms with Gasteiger partial charge in [-0.25, -0.2) is 9.97 Å². The zero-order valence-corrected chi connectivity index (χ0v) is 14.7. The average molecular weight is 326 g/mol. The first kappa shape index (κ1) is 16.7. The van der Waals surface area contributed by atoms with Gasteiger partial charge in [0.15, 0.2) is 0 Å². The number of nitrogens with zero attached hydrogens (tertiary/aromatic N) is 3. The highest BCUT2D eigenvalue weighted by Crippen LogP contribution is 2.26. The number of rotatable bonds is 6. The Kier molecular flexibility index (Phi) is 5.30. The van der Waals surface area contributed by atoms with Gasteiger partial charge in [-0.15, -0.1) is 0 Å². The van der Waals surface area contributed by atoms with Gasteiger partial charge in [0, 0.05) is 49.2 Å². The van der Waals surface area contributed by atoms with Crippen LogP contribution in [0.4, 0.5) is 5.95 Å². The van der Waals surface area contributed by atoms with Crippen LogP contribution in [-0.4, -0.2) is 30.2 Å². The molecule has 0 saturated carbocycles. The summed E-state index contributed by atoms with van der Waals surface area (Å²) < 4.78 is 5.48. The second-order valence-electron chi connectivity index (χ2n) is 6.43. The van der Waals surface area contributed by atoms with Gasteiger partial charge in [-0.3, -0.25) is 0 Å². The fourth-order valence-corrected chi connectivity index (χ4v) is 3.09. The van der Waals surface area contributed by atoms with E-state index in [1.807, 2.05) is 18.5 Å². The number of aryl methyl sites for hydroxylation is 1. The molecule has 0 amide bonds. The Morgan fingerprint density at radius 1 is 1.21 bits per heavy atom. The molecule has 1 aliphatic heterocycles. The zero-order valence-electron chi connectivity index (χ0n) is 14.7. The molecule has 1 atom stereocenters. The summed E-state index contributed by atoms with van der Waals surface area (Å²) in [6.07, 6.45) is 6.33. The van der Waals surface area contributed by atoms with Crippen molar-refractivity contribution in [2.75, 3.05) is 25.1 Å². The molecule has 1 aromatic heterocycles. The van der Waals surface area contributed by atoms with Gasteiger partial charge in [-0.2, -0.15) is 0 Å². The summed E-state index contributed by atoms with van der Waals surface area (Å²) in [6.45, 7) is 7.12. The van der Waals surface area contributed by atoms with E-state index in [9.17, 15) is 0 Å². The molecule has 0 spiro atoms. The van der Waals surface area contributed by atoms with Crippen LogP contribution in [-0.2, 0) is 6.54 Å². The van der Waals surface area contributed by atoms with Crippen molar-refractivity contribution in [1.29, 1.82) is 0 Å². The molecule has 0 bridgehead atoms. The highest BCUT2D eigenvalue weighted by atomic mass is 16.5. The van der Waals surface area contributed by atoms with Crippen LogP contribution in [0.5, 0.6) is 5.75 Å². The summed E-state index contributed by atoms with van der Waals surface area (Å²) in [5.74, 6) is 1.77. The largest absolute Gasteiger partial charge is 0.496 e. The maximum atomic E-state index is 5.48. The van der Waals surface area contributed by atoms with E-state index >= 15 is 0 Å². The molecule has 2 heterocycles. The lowest BCUT2D eigenvalue weighted by Gasteiger charge is -2.18. The van der Waals surface area contributed by atoms with Crippen LogP contribution in [0, 0.1) is 6.92 Å². The third-order valence-electron chi connectivity index (χ3n) is 4.54. The van der Waals surface area contributed by atoms with E-state index < -0.39 is 0 Å². The number of hydrogen-bond acceptors (Lipinski definition) is 5. The van der Waals surface area contributed by atoms with E-state index in [1.165, 1.54) is 24.0 Å². The Balaban J connectivity index is 1.61. The quantitative estimate of drug-likeness (QED) is 0.883. The lowest BCUT2D eigenvalue weighted by atomic mass is 10.0. The van der Waals surface area contributed by atoms with Crippen molar-refractivity contribution in [3.05, 3.63) is 47.3 Å². The molecule has 1 aliphatic rings. The summed E-state index contributed by atoms with van der Waals surface area (Å²) >= 11 is 0. The van der Waals surface area contributed by atoms with Gasteiger partial charge in [0.1, 0.15) is 5.75 Å². The fraction of sp³-hybridized carbons (Fsp3) is 0.474. The summed E-state index contributed by atoms with van der Waals surface area (Å²) in [4.78, 5) is 11.3. The minimum atomic E-state index is 0.193. The second kappa shape index (κ2) is 7.62. The van der Waals surface area contributed by atoms with Crippen LogP contribution >= 0.6 is 0 Å². The van der Waals surface area contributed by atoms with E-state index in [4.69, 9.17) is 4.74 Å². The standard InChI is InChI=1S/C19H26N4O/c1-14-6-7-18(24-3)17(10-14)15(2)20-11-16-12-21-19(22-13-16)23-8-4-5-9-23/h6-7,10,12-13,15,20H,4-5,8-9,11H2,1-3H3/t15-/m1/s1. The number of ether oxygens (including phenoxy) is 1. The predicted molar refractivity (Wildman–Crippen MR) is 96.5 cm³/mol. The molecular weight excluding hydrogens is 300 g/mol. The molecule has 1 fully saturated rings. The van der Waals surface area contributed by atoms with Crippen molar-refractivity contribution in [2.45, 2.75) is 39.3 Å². The Bertz CT molecular complexity index is 666. The highest BCUT2D eigenvalue weighted by molar-refractivity contribution is 5.39. The highest BCUT2D eigenvalue weighted by Gasteiger charge is 2.15. The lowest BCUT2D eigenvalue weighted by molar-refractivity contribution is 0.401. The summed E-state index contributed by atoms with van der Waals surface area (Å²) in [5, 5.41) is 3.53. The molecule has 128 valence electrons. The number of nitrogens with one attached hydrogen (secondary N) is 1. The van der Waals surface area contributed by atoms with Gasteiger partial charge in [0.2, 0.25) is 5.95 Å². The van der Waals surface area contributed by atoms with Gasteiger partial charge in [0.05, 0.1) is 7.11 Å². The SMILES string of the molecule is COc1ccc(C)cc1[C@@H](C)NCc1cnc(N2CCCC2)nc1. The zero-order chi connectivity index (χ0) is 16.9. The topological polar surface area (TPSA) is 50.3 Å². The minimum absolute atomic E-state index is 0.193. The van der Waals surface area contributed by atoms with E-state index in [0.29, 0.717) is 0 Å². The number of anilines is 1. The Morgan fingerprint density at radius 2 is 1.92 bits per heavy atom. The van der Waals surface area contributed by atoms with E-state index in [-0.39, 0.29) is 6.04 Å². The molecule has 24 heavy (non-hydrogen) atoms. The average Bonchev–Trinajstić information content (AvgIpc) is 3.14. The molecule has 1 saturated heterocycles. The minimum Gasteiger partial charge on any atom is -0.496 e. The third kappa shape index (κ3) is 3.85. The Morgan fingerprint density at radius 3 is 2.58 bits per heavy atom. The molecule has 1 aromatic carbocycles. The van der Waals surface area contributed by atoms with Gasteiger partial charge in [-0.1, -0.05) is 17.7 Å². The molecule has 0 unspecified atom stereocenters. The third-order valence-corrected chi connectivity index (χ3v) is 4.54. The van der Waals surface area contributed by atoms with E-state index in [1.54, 1.807) is 7.11 Å². The summed E-state index contributed by atoms with van der Waals surface area (Å²) in [6, 6.07) is 6.46. The number of methoxy groups -OCH3 is 1. The van der Waals surface area contributed by atoms with Crippen LogP contribution in [0.15, 0.2) is 30.6 Å². The van der Waals surface area contributed by atoms with Gasteiger partial charge in [0.25, 0.3) is 0 Å². The maximum Gasteiger partial charge on any atom is 0.225 e. The number of hydrogen-bond donors (Lipinski definition) is 1. The summed E-state index contributed by atoms with van der Waals surface area (Å²) in [7, 11) is 1.71. The van der Waals surface area contributed by atoms with Crippen molar-refractivity contribution >= 4 is 5.95 Å². The van der Waals surface area contributed by atoms with Crippen molar-refractivity contribution in [3.8, 4) is 5.75 Å². The van der Waals surface area contributed by atoms with Gasteiger partial charge >= 0.3 is 0 Å². The first-order valence-electron chi connectivity index (χ1n) is 8.61. The Hall–Kier alpha value is -2.14. The maximum absolute atomic E-state index is 5.48. The first-order valence-corrected chi connectivity index (χ1v) is 8.61. The molecule has 5 heteroatoms. The summed E-state index contributed by atoms with van der Waals surface area (Å²) in [5.41, 5.74) is 3.50. The van der Waals surface area contributed by atoms with Crippen molar-refractivity contribution in [1.82, 2.24) is 15.3 Å². The normalized spacial score (nSPS) is 15.5.